The average Bonchev–Trinajstić information content (AvgIpc) is 3.21. The summed E-state index contributed by atoms with van der Waals surface area (Å²) in [5, 5.41) is 16.4. The number of aliphatic hydroxyl groups excluding tert-OH is 1. The number of rotatable bonds is 3. The van der Waals surface area contributed by atoms with Gasteiger partial charge in [0.2, 0.25) is 11.7 Å². The number of nitrogens with zero attached hydrogens (tertiary/aromatic N) is 3. The molecule has 8 heteroatoms. The van der Waals surface area contributed by atoms with Gasteiger partial charge in [-0.2, -0.15) is 18.2 Å². The van der Waals surface area contributed by atoms with Crippen molar-refractivity contribution in [2.75, 3.05) is 11.4 Å². The van der Waals surface area contributed by atoms with Crippen LogP contribution in [0.5, 0.6) is 0 Å². The monoisotopic (exact) mass is 425 g/mol. The van der Waals surface area contributed by atoms with Crippen LogP contribution >= 0.6 is 0 Å². The second-order valence-corrected chi connectivity index (χ2v) is 7.62. The van der Waals surface area contributed by atoms with Crippen molar-refractivity contribution in [1.29, 1.82) is 0 Å². The van der Waals surface area contributed by atoms with E-state index >= 15 is 0 Å². The van der Waals surface area contributed by atoms with Gasteiger partial charge in [-0.3, -0.25) is 0 Å². The molecule has 1 aliphatic heterocycles. The van der Waals surface area contributed by atoms with Crippen LogP contribution in [0.4, 0.5) is 18.9 Å². The maximum absolute atomic E-state index is 13.0. The third kappa shape index (κ3) is 3.74. The SMILES string of the molecule is O[C@@H]1Cc2ccc3ccccc3c2N(Cc2nc(-c3cccc(C(F)(F)F)c3)no2)C1. The van der Waals surface area contributed by atoms with E-state index in [-0.39, 0.29) is 23.8 Å². The minimum absolute atomic E-state index is 0.0943. The summed E-state index contributed by atoms with van der Waals surface area (Å²) in [5.74, 6) is 0.359. The molecule has 1 aliphatic rings. The summed E-state index contributed by atoms with van der Waals surface area (Å²) in [5.41, 5.74) is 1.49. The minimum Gasteiger partial charge on any atom is -0.391 e. The predicted octanol–water partition coefficient (Wildman–Crippen LogP) is 4.83. The molecule has 1 N–H and O–H groups in total. The van der Waals surface area contributed by atoms with E-state index in [1.54, 1.807) is 0 Å². The molecule has 1 atom stereocenters. The number of halogens is 3. The molecule has 158 valence electrons. The molecule has 4 aromatic rings. The third-order valence-electron chi connectivity index (χ3n) is 5.43. The van der Waals surface area contributed by atoms with Crippen LogP contribution in [0.3, 0.4) is 0 Å². The van der Waals surface area contributed by atoms with Crippen molar-refractivity contribution in [3.8, 4) is 11.4 Å². The van der Waals surface area contributed by atoms with E-state index in [1.807, 2.05) is 41.3 Å². The molecule has 1 aromatic heterocycles. The average molecular weight is 425 g/mol. The lowest BCUT2D eigenvalue weighted by molar-refractivity contribution is -0.137. The second-order valence-electron chi connectivity index (χ2n) is 7.62. The highest BCUT2D eigenvalue weighted by Gasteiger charge is 2.31. The molecule has 0 amide bonds. The van der Waals surface area contributed by atoms with Crippen molar-refractivity contribution in [2.45, 2.75) is 25.2 Å². The van der Waals surface area contributed by atoms with Gasteiger partial charge in [0, 0.05) is 29.6 Å². The van der Waals surface area contributed by atoms with Crippen LogP contribution in [0.2, 0.25) is 0 Å². The first-order valence-corrected chi connectivity index (χ1v) is 9.82. The lowest BCUT2D eigenvalue weighted by Crippen LogP contribution is -2.38. The number of alkyl halides is 3. The highest BCUT2D eigenvalue weighted by Crippen LogP contribution is 2.36. The summed E-state index contributed by atoms with van der Waals surface area (Å²) < 4.78 is 44.4. The van der Waals surface area contributed by atoms with Gasteiger partial charge in [-0.05, 0) is 23.1 Å². The Labute approximate surface area is 175 Å². The Morgan fingerprint density at radius 1 is 1.06 bits per heavy atom. The summed E-state index contributed by atoms with van der Waals surface area (Å²) in [6.07, 6.45) is -4.44. The summed E-state index contributed by atoms with van der Waals surface area (Å²) in [6, 6.07) is 16.9. The van der Waals surface area contributed by atoms with Crippen molar-refractivity contribution in [1.82, 2.24) is 10.1 Å². The van der Waals surface area contributed by atoms with Crippen molar-refractivity contribution in [3.05, 3.63) is 77.7 Å². The number of benzene rings is 3. The maximum atomic E-state index is 13.0. The zero-order chi connectivity index (χ0) is 21.6. The van der Waals surface area contributed by atoms with E-state index < -0.39 is 17.8 Å². The topological polar surface area (TPSA) is 62.4 Å². The third-order valence-corrected chi connectivity index (χ3v) is 5.43. The van der Waals surface area contributed by atoms with Crippen LogP contribution in [0.25, 0.3) is 22.2 Å². The molecule has 0 aliphatic carbocycles. The van der Waals surface area contributed by atoms with E-state index in [1.165, 1.54) is 12.1 Å². The Balaban J connectivity index is 1.47. The molecule has 0 fully saturated rings. The zero-order valence-electron chi connectivity index (χ0n) is 16.3. The second kappa shape index (κ2) is 7.39. The Bertz CT molecular complexity index is 1250. The van der Waals surface area contributed by atoms with Crippen molar-refractivity contribution in [2.24, 2.45) is 0 Å². The Morgan fingerprint density at radius 3 is 2.74 bits per heavy atom. The summed E-state index contributed by atoms with van der Waals surface area (Å²) >= 11 is 0. The molecule has 3 aromatic carbocycles. The van der Waals surface area contributed by atoms with Crippen LogP contribution in [-0.2, 0) is 19.1 Å². The van der Waals surface area contributed by atoms with Gasteiger partial charge >= 0.3 is 6.18 Å². The molecular weight excluding hydrogens is 407 g/mol. The fourth-order valence-electron chi connectivity index (χ4n) is 4.08. The smallest absolute Gasteiger partial charge is 0.391 e. The molecule has 0 saturated carbocycles. The fourth-order valence-corrected chi connectivity index (χ4v) is 4.08. The standard InChI is InChI=1S/C23H18F3N3O2/c24-23(25,26)17-6-3-5-16(10-17)22-27-20(31-28-22)13-29-12-18(30)11-15-9-8-14-4-1-2-7-19(14)21(15)29/h1-10,18,30H,11-13H2/t18-/m1/s1. The maximum Gasteiger partial charge on any atom is 0.416 e. The number of aliphatic hydroxyl groups is 1. The van der Waals surface area contributed by atoms with Crippen LogP contribution in [0, 0.1) is 0 Å². The number of anilines is 1. The first-order valence-electron chi connectivity index (χ1n) is 9.82. The van der Waals surface area contributed by atoms with E-state index in [0.717, 1.165) is 34.2 Å². The van der Waals surface area contributed by atoms with Gasteiger partial charge in [-0.1, -0.05) is 53.7 Å². The van der Waals surface area contributed by atoms with Crippen LogP contribution < -0.4 is 4.90 Å². The first kappa shape index (κ1) is 19.6. The molecule has 0 radical (unpaired) electrons. The zero-order valence-corrected chi connectivity index (χ0v) is 16.3. The molecular formula is C23H18F3N3O2. The minimum atomic E-state index is -4.45. The van der Waals surface area contributed by atoms with Gasteiger partial charge in [-0.25, -0.2) is 0 Å². The number of hydrogen-bond acceptors (Lipinski definition) is 5. The summed E-state index contributed by atoms with van der Waals surface area (Å²) in [7, 11) is 0. The van der Waals surface area contributed by atoms with E-state index in [4.69, 9.17) is 4.52 Å². The molecule has 5 rings (SSSR count). The number of fused-ring (bicyclic) bond motifs is 3. The lowest BCUT2D eigenvalue weighted by Gasteiger charge is -2.34. The van der Waals surface area contributed by atoms with Crippen LogP contribution in [0.15, 0.2) is 65.2 Å². The van der Waals surface area contributed by atoms with Crippen molar-refractivity contribution < 1.29 is 22.8 Å². The van der Waals surface area contributed by atoms with Gasteiger partial charge in [0.15, 0.2) is 0 Å². The normalized spacial score (nSPS) is 16.5. The molecule has 0 bridgehead atoms. The quantitative estimate of drug-likeness (QED) is 0.509. The summed E-state index contributed by atoms with van der Waals surface area (Å²) in [4.78, 5) is 6.29. The number of β-amino-alcohol motifs (C(OH)–C–C–N with tert-alkyl or cyclic N) is 1. The summed E-state index contributed by atoms with van der Waals surface area (Å²) in [6.45, 7) is 0.631. The number of aromatic nitrogens is 2. The lowest BCUT2D eigenvalue weighted by atomic mass is 9.95. The van der Waals surface area contributed by atoms with Gasteiger partial charge in [-0.15, -0.1) is 0 Å². The molecule has 0 unspecified atom stereocenters. The molecule has 31 heavy (non-hydrogen) atoms. The Hall–Kier alpha value is -3.39. The molecule has 2 heterocycles. The highest BCUT2D eigenvalue weighted by atomic mass is 19.4. The van der Waals surface area contributed by atoms with E-state index in [0.29, 0.717) is 13.0 Å². The van der Waals surface area contributed by atoms with Gasteiger partial charge in [0.25, 0.3) is 0 Å². The fraction of sp³-hybridized carbons (Fsp3) is 0.217. The predicted molar refractivity (Wildman–Crippen MR) is 109 cm³/mol. The van der Waals surface area contributed by atoms with Crippen LogP contribution in [-0.4, -0.2) is 27.9 Å². The number of hydrogen-bond donors (Lipinski definition) is 1. The highest BCUT2D eigenvalue weighted by molar-refractivity contribution is 5.96. The Morgan fingerprint density at radius 2 is 1.90 bits per heavy atom. The molecule has 0 spiro atoms. The van der Waals surface area contributed by atoms with Crippen molar-refractivity contribution >= 4 is 16.5 Å². The van der Waals surface area contributed by atoms with Gasteiger partial charge in [0.1, 0.15) is 0 Å². The van der Waals surface area contributed by atoms with E-state index in [9.17, 15) is 18.3 Å². The largest absolute Gasteiger partial charge is 0.416 e. The molecule has 0 saturated heterocycles. The Kier molecular flexibility index (Phi) is 4.66. The van der Waals surface area contributed by atoms with Gasteiger partial charge < -0.3 is 14.5 Å². The van der Waals surface area contributed by atoms with E-state index in [2.05, 4.69) is 10.1 Å². The van der Waals surface area contributed by atoms with Gasteiger partial charge in [0.05, 0.1) is 18.2 Å². The first-order chi connectivity index (χ1) is 14.9. The molecule has 5 nitrogen and oxygen atoms in total. The van der Waals surface area contributed by atoms with Crippen LogP contribution in [0.1, 0.15) is 17.0 Å². The van der Waals surface area contributed by atoms with Crippen molar-refractivity contribution in [3.63, 3.8) is 0 Å².